The lowest BCUT2D eigenvalue weighted by molar-refractivity contribution is 0.631. The molecule has 0 aliphatic carbocycles. The van der Waals surface area contributed by atoms with Gasteiger partial charge in [-0.3, -0.25) is 0 Å². The van der Waals surface area contributed by atoms with E-state index in [1.54, 1.807) is 0 Å². The van der Waals surface area contributed by atoms with Crippen LogP contribution < -0.4 is 10.6 Å². The maximum atomic E-state index is 4.50. The topological polar surface area (TPSA) is 54.2 Å². The molecule has 3 rings (SSSR count). The van der Waals surface area contributed by atoms with E-state index in [1.165, 1.54) is 18.4 Å². The van der Waals surface area contributed by atoms with E-state index in [9.17, 15) is 0 Å². The van der Waals surface area contributed by atoms with Crippen LogP contribution in [0.1, 0.15) is 24.8 Å². The van der Waals surface area contributed by atoms with Crippen molar-refractivity contribution < 1.29 is 0 Å². The van der Waals surface area contributed by atoms with Gasteiger partial charge in [0, 0.05) is 12.2 Å². The van der Waals surface area contributed by atoms with Gasteiger partial charge in [0.25, 0.3) is 0 Å². The van der Waals surface area contributed by atoms with Crippen molar-refractivity contribution in [2.45, 2.75) is 32.2 Å². The van der Waals surface area contributed by atoms with E-state index < -0.39 is 0 Å². The molecule has 5 nitrogen and oxygen atoms in total. The number of nitrogens with one attached hydrogen (secondary N) is 2. The first-order valence-electron chi connectivity index (χ1n) is 6.61. The van der Waals surface area contributed by atoms with Crippen LogP contribution in [-0.4, -0.2) is 33.7 Å². The maximum absolute atomic E-state index is 4.50. The molecule has 2 N–H and O–H groups in total. The van der Waals surface area contributed by atoms with Gasteiger partial charge in [-0.25, -0.2) is 4.52 Å². The molecule has 96 valence electrons. The summed E-state index contributed by atoms with van der Waals surface area (Å²) >= 11 is 0. The van der Waals surface area contributed by atoms with Gasteiger partial charge in [0.15, 0.2) is 5.65 Å². The minimum atomic E-state index is 0.485. The average molecular weight is 245 g/mol. The molecule has 0 amide bonds. The maximum Gasteiger partial charge on any atom is 0.243 e. The van der Waals surface area contributed by atoms with Gasteiger partial charge in [0.05, 0.1) is 0 Å². The predicted molar refractivity (Wildman–Crippen MR) is 71.9 cm³/mol. The smallest absolute Gasteiger partial charge is 0.243 e. The van der Waals surface area contributed by atoms with E-state index in [1.807, 2.05) is 16.8 Å². The number of rotatable bonds is 2. The molecule has 0 saturated carbocycles. The van der Waals surface area contributed by atoms with Gasteiger partial charge in [-0.05, 0) is 50.9 Å². The van der Waals surface area contributed by atoms with Crippen molar-refractivity contribution in [1.29, 1.82) is 0 Å². The van der Waals surface area contributed by atoms with Crippen LogP contribution in [0.4, 0.5) is 5.95 Å². The lowest BCUT2D eigenvalue weighted by Gasteiger charge is -2.13. The fraction of sp³-hybridized carbons (Fsp3) is 0.538. The summed E-state index contributed by atoms with van der Waals surface area (Å²) in [5.41, 5.74) is 2.09. The molecule has 0 bridgehead atoms. The Balaban J connectivity index is 1.77. The Morgan fingerprint density at radius 3 is 3.22 bits per heavy atom. The van der Waals surface area contributed by atoms with Gasteiger partial charge in [-0.1, -0.05) is 6.07 Å². The van der Waals surface area contributed by atoms with Crippen LogP contribution >= 0.6 is 0 Å². The molecule has 3 heterocycles. The summed E-state index contributed by atoms with van der Waals surface area (Å²) in [5.74, 6) is 0.743. The van der Waals surface area contributed by atoms with Crippen LogP contribution in [0.5, 0.6) is 0 Å². The van der Waals surface area contributed by atoms with Crippen LogP contribution in [0.25, 0.3) is 5.65 Å². The van der Waals surface area contributed by atoms with Gasteiger partial charge in [0.2, 0.25) is 5.95 Å². The van der Waals surface area contributed by atoms with E-state index in [0.717, 1.165) is 31.1 Å². The first-order valence-corrected chi connectivity index (χ1v) is 6.61. The zero-order valence-electron chi connectivity index (χ0n) is 10.7. The van der Waals surface area contributed by atoms with Crippen molar-refractivity contribution in [2.75, 3.05) is 18.4 Å². The minimum absolute atomic E-state index is 0.485. The Kier molecular flexibility index (Phi) is 3.15. The highest BCUT2D eigenvalue weighted by atomic mass is 15.3. The number of anilines is 1. The number of pyridine rings is 1. The molecular weight excluding hydrogens is 226 g/mol. The molecule has 1 saturated heterocycles. The second-order valence-electron chi connectivity index (χ2n) is 4.97. The molecule has 1 aliphatic rings. The highest BCUT2D eigenvalue weighted by molar-refractivity contribution is 5.44. The summed E-state index contributed by atoms with van der Waals surface area (Å²) < 4.78 is 1.84. The summed E-state index contributed by atoms with van der Waals surface area (Å²) in [5, 5.41) is 11.3. The van der Waals surface area contributed by atoms with Crippen LogP contribution in [0.15, 0.2) is 18.3 Å². The van der Waals surface area contributed by atoms with E-state index in [2.05, 4.69) is 33.7 Å². The quantitative estimate of drug-likeness (QED) is 0.843. The third kappa shape index (κ3) is 2.46. The van der Waals surface area contributed by atoms with E-state index in [0.29, 0.717) is 6.04 Å². The Labute approximate surface area is 107 Å². The van der Waals surface area contributed by atoms with Crippen molar-refractivity contribution in [2.24, 2.45) is 0 Å². The summed E-state index contributed by atoms with van der Waals surface area (Å²) in [6.07, 6.45) is 5.53. The van der Waals surface area contributed by atoms with Crippen molar-refractivity contribution in [3.05, 3.63) is 23.9 Å². The van der Waals surface area contributed by atoms with E-state index in [-0.39, 0.29) is 0 Å². The number of hydrogen-bond donors (Lipinski definition) is 2. The Hall–Kier alpha value is -1.62. The molecular formula is C13H19N5. The van der Waals surface area contributed by atoms with Gasteiger partial charge in [0.1, 0.15) is 0 Å². The monoisotopic (exact) mass is 245 g/mol. The normalized spacial score (nSPS) is 20.8. The molecule has 18 heavy (non-hydrogen) atoms. The molecule has 1 aliphatic heterocycles. The summed E-state index contributed by atoms with van der Waals surface area (Å²) in [7, 11) is 0. The van der Waals surface area contributed by atoms with Crippen LogP contribution in [-0.2, 0) is 0 Å². The number of nitrogens with zero attached hydrogens (tertiary/aromatic N) is 3. The fourth-order valence-corrected chi connectivity index (χ4v) is 2.39. The second kappa shape index (κ2) is 4.94. The summed E-state index contributed by atoms with van der Waals surface area (Å²) in [4.78, 5) is 4.50. The van der Waals surface area contributed by atoms with Crippen molar-refractivity contribution in [1.82, 2.24) is 19.9 Å². The summed E-state index contributed by atoms with van der Waals surface area (Å²) in [6, 6.07) is 4.55. The first kappa shape index (κ1) is 11.5. The standard InChI is InChI=1S/C13H19N5/c1-10-4-5-12-16-13(17-18(12)9-10)15-11-3-2-7-14-8-6-11/h4-5,9,11,14H,2-3,6-8H2,1H3,(H,15,17). The molecule has 1 unspecified atom stereocenters. The minimum Gasteiger partial charge on any atom is -0.350 e. The summed E-state index contributed by atoms with van der Waals surface area (Å²) in [6.45, 7) is 4.26. The Morgan fingerprint density at radius 1 is 1.33 bits per heavy atom. The largest absolute Gasteiger partial charge is 0.350 e. The Bertz CT molecular complexity index is 525. The van der Waals surface area contributed by atoms with Gasteiger partial charge in [-0.15, -0.1) is 5.10 Å². The Morgan fingerprint density at radius 2 is 2.28 bits per heavy atom. The first-order chi connectivity index (χ1) is 8.81. The van der Waals surface area contributed by atoms with Crippen LogP contribution in [0.2, 0.25) is 0 Å². The number of aryl methyl sites for hydroxylation is 1. The molecule has 0 spiro atoms. The third-order valence-electron chi connectivity index (χ3n) is 3.39. The molecule has 0 radical (unpaired) electrons. The second-order valence-corrected chi connectivity index (χ2v) is 4.97. The van der Waals surface area contributed by atoms with E-state index >= 15 is 0 Å². The van der Waals surface area contributed by atoms with E-state index in [4.69, 9.17) is 0 Å². The lowest BCUT2D eigenvalue weighted by Crippen LogP contribution is -2.22. The van der Waals surface area contributed by atoms with Crippen LogP contribution in [0.3, 0.4) is 0 Å². The zero-order valence-corrected chi connectivity index (χ0v) is 10.7. The fourth-order valence-electron chi connectivity index (χ4n) is 2.39. The molecule has 2 aromatic heterocycles. The SMILES string of the molecule is Cc1ccc2nc(NC3CCCNCC3)nn2c1. The van der Waals surface area contributed by atoms with Gasteiger partial charge < -0.3 is 10.6 Å². The average Bonchev–Trinajstić information content (AvgIpc) is 2.57. The molecule has 5 heteroatoms. The van der Waals surface area contributed by atoms with Gasteiger partial charge >= 0.3 is 0 Å². The van der Waals surface area contributed by atoms with Crippen molar-refractivity contribution >= 4 is 11.6 Å². The van der Waals surface area contributed by atoms with Crippen molar-refractivity contribution in [3.8, 4) is 0 Å². The van der Waals surface area contributed by atoms with Gasteiger partial charge in [-0.2, -0.15) is 4.98 Å². The molecule has 1 fully saturated rings. The lowest BCUT2D eigenvalue weighted by atomic mass is 10.1. The van der Waals surface area contributed by atoms with Crippen molar-refractivity contribution in [3.63, 3.8) is 0 Å². The third-order valence-corrected chi connectivity index (χ3v) is 3.39. The number of fused-ring (bicyclic) bond motifs is 1. The number of hydrogen-bond acceptors (Lipinski definition) is 4. The molecule has 1 atom stereocenters. The predicted octanol–water partition coefficient (Wildman–Crippen LogP) is 1.59. The highest BCUT2D eigenvalue weighted by Crippen LogP contribution is 2.12. The number of aromatic nitrogens is 3. The highest BCUT2D eigenvalue weighted by Gasteiger charge is 2.13. The molecule has 2 aromatic rings. The van der Waals surface area contributed by atoms with Crippen LogP contribution in [0, 0.1) is 6.92 Å². The molecule has 0 aromatic carbocycles. The zero-order chi connectivity index (χ0) is 12.4.